The van der Waals surface area contributed by atoms with Crippen molar-refractivity contribution in [2.45, 2.75) is 43.7 Å². The second-order valence-electron chi connectivity index (χ2n) is 9.27. The van der Waals surface area contributed by atoms with E-state index in [1.807, 2.05) is 0 Å². The smallest absolute Gasteiger partial charge is 0.383 e. The molecule has 0 saturated heterocycles. The van der Waals surface area contributed by atoms with Gasteiger partial charge in [-0.3, -0.25) is 4.79 Å². The minimum absolute atomic E-state index is 0.0159. The van der Waals surface area contributed by atoms with Crippen LogP contribution in [0.3, 0.4) is 0 Å². The molecule has 4 aromatic rings. The van der Waals surface area contributed by atoms with Crippen LogP contribution in [-0.2, 0) is 16.6 Å². The molecule has 4 heterocycles. The molecular formula is C24H20F4N8O. The van der Waals surface area contributed by atoms with Gasteiger partial charge in [-0.05, 0) is 49.3 Å². The third-order valence-electron chi connectivity index (χ3n) is 6.84. The number of halogens is 4. The zero-order chi connectivity index (χ0) is 25.9. The summed E-state index contributed by atoms with van der Waals surface area (Å²) in [6.07, 6.45) is -1.04. The number of fused-ring (bicyclic) bond motifs is 2. The number of carbonyl (C=O) groups is 1. The number of nitrogen functional groups attached to an aromatic ring is 1. The lowest BCUT2D eigenvalue weighted by Gasteiger charge is -2.28. The summed E-state index contributed by atoms with van der Waals surface area (Å²) in [6.45, 7) is 0. The molecule has 190 valence electrons. The Labute approximate surface area is 207 Å². The highest BCUT2D eigenvalue weighted by atomic mass is 19.4. The van der Waals surface area contributed by atoms with E-state index in [2.05, 4.69) is 30.4 Å². The number of hydrogen-bond acceptors (Lipinski definition) is 7. The number of nitrogens with one attached hydrogen (secondary N) is 1. The van der Waals surface area contributed by atoms with Crippen LogP contribution in [0, 0.1) is 11.7 Å². The molecule has 1 fully saturated rings. The molecule has 0 spiro atoms. The van der Waals surface area contributed by atoms with Gasteiger partial charge in [0.2, 0.25) is 5.91 Å². The fourth-order valence-electron chi connectivity index (χ4n) is 5.14. The van der Waals surface area contributed by atoms with Crippen molar-refractivity contribution in [1.82, 2.24) is 29.5 Å². The summed E-state index contributed by atoms with van der Waals surface area (Å²) in [5.41, 5.74) is 7.19. The standard InChI is InChI=1S/C24H20F4N8O/c25-14-7-5-13(6-8-14)24(12-3-4-12)17-18(29)33-19(34-20(17)35-22(24)37)16-10-36-21(30-11-31-36)15(32-16)2-1-9-23(26,27)28/h5-8,10-12H,1-4,9H2,(H3,29,33,34,35,37). The van der Waals surface area contributed by atoms with E-state index in [1.54, 1.807) is 12.1 Å². The number of carbonyl (C=O) groups excluding carboxylic acids is 1. The third-order valence-corrected chi connectivity index (χ3v) is 6.84. The maximum Gasteiger partial charge on any atom is 0.389 e. The monoisotopic (exact) mass is 512 g/mol. The fraction of sp³-hybridized carbons (Fsp3) is 0.333. The number of benzene rings is 1. The SMILES string of the molecule is Nc1nc(-c2cn3ncnc3c(CCCC(F)(F)F)n2)nc2c1C(c1ccc(F)cc1)(C1CC1)C(=O)N2. The molecule has 1 aliphatic carbocycles. The fourth-order valence-corrected chi connectivity index (χ4v) is 5.14. The topological polar surface area (TPSA) is 124 Å². The molecule has 1 saturated carbocycles. The first kappa shape index (κ1) is 23.3. The summed E-state index contributed by atoms with van der Waals surface area (Å²) >= 11 is 0. The predicted octanol–water partition coefficient (Wildman–Crippen LogP) is 3.84. The Kier molecular flexibility index (Phi) is 5.14. The Balaban J connectivity index is 1.43. The molecule has 1 aliphatic heterocycles. The van der Waals surface area contributed by atoms with E-state index in [0.717, 1.165) is 12.8 Å². The molecule has 3 N–H and O–H groups in total. The number of nitrogens with two attached hydrogens (primary N) is 1. The van der Waals surface area contributed by atoms with Crippen LogP contribution >= 0.6 is 0 Å². The van der Waals surface area contributed by atoms with Crippen molar-refractivity contribution >= 4 is 23.2 Å². The van der Waals surface area contributed by atoms with Gasteiger partial charge in [-0.25, -0.2) is 28.8 Å². The average Bonchev–Trinajstić information content (AvgIpc) is 3.49. The Hall–Kier alpha value is -4.16. The van der Waals surface area contributed by atoms with E-state index in [-0.39, 0.29) is 47.8 Å². The highest BCUT2D eigenvalue weighted by molar-refractivity contribution is 6.10. The van der Waals surface area contributed by atoms with Crippen LogP contribution < -0.4 is 11.1 Å². The number of nitrogens with zero attached hydrogens (tertiary/aromatic N) is 6. The normalized spacial score (nSPS) is 19.3. The maximum absolute atomic E-state index is 13.7. The molecule has 3 aromatic heterocycles. The Bertz CT molecular complexity index is 1530. The molecule has 9 nitrogen and oxygen atoms in total. The Morgan fingerprint density at radius 1 is 1.14 bits per heavy atom. The number of anilines is 2. The zero-order valence-electron chi connectivity index (χ0n) is 19.3. The average molecular weight is 512 g/mol. The van der Waals surface area contributed by atoms with Crippen LogP contribution in [0.25, 0.3) is 17.2 Å². The van der Waals surface area contributed by atoms with E-state index in [4.69, 9.17) is 5.73 Å². The quantitative estimate of drug-likeness (QED) is 0.376. The summed E-state index contributed by atoms with van der Waals surface area (Å²) in [4.78, 5) is 31.0. The second-order valence-corrected chi connectivity index (χ2v) is 9.27. The minimum Gasteiger partial charge on any atom is -0.383 e. The molecule has 37 heavy (non-hydrogen) atoms. The van der Waals surface area contributed by atoms with Gasteiger partial charge in [-0.1, -0.05) is 12.1 Å². The summed E-state index contributed by atoms with van der Waals surface area (Å²) in [6, 6.07) is 5.74. The van der Waals surface area contributed by atoms with Gasteiger partial charge >= 0.3 is 6.18 Å². The molecule has 1 aromatic carbocycles. The molecule has 0 bridgehead atoms. The van der Waals surface area contributed by atoms with E-state index < -0.39 is 23.8 Å². The van der Waals surface area contributed by atoms with Crippen molar-refractivity contribution in [3.05, 3.63) is 59.4 Å². The second kappa shape index (κ2) is 8.18. The molecule has 13 heteroatoms. The van der Waals surface area contributed by atoms with Crippen molar-refractivity contribution < 1.29 is 22.4 Å². The van der Waals surface area contributed by atoms with E-state index >= 15 is 0 Å². The Morgan fingerprint density at radius 2 is 1.89 bits per heavy atom. The Morgan fingerprint density at radius 3 is 2.59 bits per heavy atom. The van der Waals surface area contributed by atoms with Crippen LogP contribution in [0.1, 0.15) is 42.5 Å². The van der Waals surface area contributed by atoms with Crippen LogP contribution in [0.4, 0.5) is 29.2 Å². The molecular weight excluding hydrogens is 492 g/mol. The number of hydrogen-bond donors (Lipinski definition) is 2. The van der Waals surface area contributed by atoms with E-state index in [1.165, 1.54) is 29.2 Å². The van der Waals surface area contributed by atoms with Crippen molar-refractivity contribution in [3.8, 4) is 11.5 Å². The summed E-state index contributed by atoms with van der Waals surface area (Å²) in [7, 11) is 0. The van der Waals surface area contributed by atoms with Crippen molar-refractivity contribution in [2.75, 3.05) is 11.1 Å². The van der Waals surface area contributed by atoms with Crippen LogP contribution in [-0.4, -0.2) is 41.6 Å². The molecule has 1 unspecified atom stereocenters. The molecule has 0 radical (unpaired) electrons. The molecule has 1 amide bonds. The summed E-state index contributed by atoms with van der Waals surface area (Å²) < 4.78 is 53.1. The van der Waals surface area contributed by atoms with Crippen molar-refractivity contribution in [1.29, 1.82) is 0 Å². The van der Waals surface area contributed by atoms with Crippen LogP contribution in [0.5, 0.6) is 0 Å². The lowest BCUT2D eigenvalue weighted by molar-refractivity contribution is -0.135. The first-order valence-corrected chi connectivity index (χ1v) is 11.7. The van der Waals surface area contributed by atoms with Gasteiger partial charge in [0.25, 0.3) is 0 Å². The lowest BCUT2D eigenvalue weighted by atomic mass is 9.71. The maximum atomic E-state index is 13.7. The van der Waals surface area contributed by atoms with Gasteiger partial charge in [0, 0.05) is 6.42 Å². The first-order chi connectivity index (χ1) is 17.7. The van der Waals surface area contributed by atoms with Gasteiger partial charge in [-0.2, -0.15) is 18.3 Å². The lowest BCUT2D eigenvalue weighted by Crippen LogP contribution is -2.38. The number of aryl methyl sites for hydroxylation is 1. The van der Waals surface area contributed by atoms with Gasteiger partial charge in [0.1, 0.15) is 34.9 Å². The molecule has 2 aliphatic rings. The predicted molar refractivity (Wildman–Crippen MR) is 124 cm³/mol. The number of alkyl halides is 3. The highest BCUT2D eigenvalue weighted by Crippen LogP contribution is 2.57. The molecule has 1 atom stereocenters. The van der Waals surface area contributed by atoms with Gasteiger partial charge in [-0.15, -0.1) is 0 Å². The third kappa shape index (κ3) is 3.85. The molecule has 6 rings (SSSR count). The number of rotatable bonds is 6. The minimum atomic E-state index is -4.28. The van der Waals surface area contributed by atoms with Crippen molar-refractivity contribution in [2.24, 2.45) is 5.92 Å². The first-order valence-electron chi connectivity index (χ1n) is 11.7. The summed E-state index contributed by atoms with van der Waals surface area (Å²) in [5, 5.41) is 6.91. The van der Waals surface area contributed by atoms with Crippen LogP contribution in [0.2, 0.25) is 0 Å². The zero-order valence-corrected chi connectivity index (χ0v) is 19.3. The van der Waals surface area contributed by atoms with Crippen LogP contribution in [0.15, 0.2) is 36.8 Å². The number of amides is 1. The number of aromatic nitrogens is 6. The largest absolute Gasteiger partial charge is 0.389 e. The van der Waals surface area contributed by atoms with Gasteiger partial charge in [0.05, 0.1) is 17.5 Å². The van der Waals surface area contributed by atoms with Gasteiger partial charge in [0.15, 0.2) is 11.5 Å². The van der Waals surface area contributed by atoms with Gasteiger partial charge < -0.3 is 11.1 Å². The van der Waals surface area contributed by atoms with Crippen molar-refractivity contribution in [3.63, 3.8) is 0 Å². The van der Waals surface area contributed by atoms with E-state index in [9.17, 15) is 22.4 Å². The van der Waals surface area contributed by atoms with E-state index in [0.29, 0.717) is 22.5 Å². The summed E-state index contributed by atoms with van der Waals surface area (Å²) in [5.74, 6) is -0.412. The highest BCUT2D eigenvalue weighted by Gasteiger charge is 2.59.